The summed E-state index contributed by atoms with van der Waals surface area (Å²) in [6.45, 7) is 13.5. The number of nitrogens with one attached hydrogen (secondary N) is 2. The molecule has 3 aromatic rings. The van der Waals surface area contributed by atoms with Gasteiger partial charge in [0, 0.05) is 128 Å². The summed E-state index contributed by atoms with van der Waals surface area (Å²) in [4.78, 5) is 19.2. The lowest BCUT2D eigenvalue weighted by atomic mass is 9.82. The fraction of sp³-hybridized carbons (Fsp3) is 0.382. The molecule has 0 saturated carbocycles. The first kappa shape index (κ1) is 66.5. The minimum Gasteiger partial charge on any atom is -0.663 e. The van der Waals surface area contributed by atoms with Crippen LogP contribution in [0.1, 0.15) is 71.9 Å². The van der Waals surface area contributed by atoms with Gasteiger partial charge in [0.2, 0.25) is 0 Å². The summed E-state index contributed by atoms with van der Waals surface area (Å²) in [5.74, 6) is 1.25. The lowest BCUT2D eigenvalue weighted by Crippen LogP contribution is -2.43. The van der Waals surface area contributed by atoms with Gasteiger partial charge in [-0.25, -0.2) is 27.6 Å². The molecule has 23 heteroatoms. The quantitative estimate of drug-likeness (QED) is 0.0685. The highest BCUT2D eigenvalue weighted by atomic mass is 79.9. The van der Waals surface area contributed by atoms with E-state index in [0.29, 0.717) is 17.8 Å². The Bertz CT molecular complexity index is 3530. The molecule has 3 aliphatic carbocycles. The zero-order valence-corrected chi connectivity index (χ0v) is 57.6. The predicted octanol–water partition coefficient (Wildman–Crippen LogP) is 16.5. The first-order valence-electron chi connectivity index (χ1n) is 31.1. The van der Waals surface area contributed by atoms with E-state index in [4.69, 9.17) is 78.4 Å². The number of rotatable bonds is 14. The molecule has 5 saturated heterocycles. The molecule has 14 rings (SSSR count). The summed E-state index contributed by atoms with van der Waals surface area (Å²) in [6, 6.07) is 18.7. The van der Waals surface area contributed by atoms with Gasteiger partial charge >= 0.3 is 0 Å². The van der Waals surface area contributed by atoms with Gasteiger partial charge in [-0.2, -0.15) is 18.6 Å². The third kappa shape index (κ3) is 15.9. The van der Waals surface area contributed by atoms with Gasteiger partial charge in [-0.05, 0) is 155 Å². The lowest BCUT2D eigenvalue weighted by Gasteiger charge is -2.40. The number of piperazine rings is 2. The van der Waals surface area contributed by atoms with Gasteiger partial charge < -0.3 is 36.4 Å². The van der Waals surface area contributed by atoms with Crippen molar-refractivity contribution in [1.82, 2.24) is 33.3 Å². The van der Waals surface area contributed by atoms with Crippen molar-refractivity contribution in [3.8, 4) is 0 Å². The molecule has 5 fully saturated rings. The molecule has 16 nitrogen and oxygen atoms in total. The third-order valence-corrected chi connectivity index (χ3v) is 21.6. The van der Waals surface area contributed by atoms with Crippen LogP contribution in [-0.4, -0.2) is 136 Å². The highest BCUT2D eigenvalue weighted by Crippen LogP contribution is 2.51. The van der Waals surface area contributed by atoms with Crippen LogP contribution in [-0.2, 0) is 27.7 Å². The van der Waals surface area contributed by atoms with Gasteiger partial charge in [0.1, 0.15) is 36.7 Å². The van der Waals surface area contributed by atoms with Crippen LogP contribution in [0.3, 0.4) is 0 Å². The average molecular weight is 1410 g/mol. The maximum absolute atomic E-state index is 6.53. The lowest BCUT2D eigenvalue weighted by molar-refractivity contribution is -0.163. The van der Waals surface area contributed by atoms with Crippen molar-refractivity contribution in [3.63, 3.8) is 0 Å². The summed E-state index contributed by atoms with van der Waals surface area (Å²) in [5, 5.41) is 23.8. The molecular formula is C68H75BrCl3N10O6S3-3. The molecule has 0 aromatic heterocycles. The molecule has 482 valence electrons. The minimum absolute atomic E-state index is 0.416. The number of benzene rings is 3. The number of allylic oxidation sites excluding steroid dienone is 11. The van der Waals surface area contributed by atoms with Crippen LogP contribution in [0.5, 0.6) is 0 Å². The molecule has 8 heterocycles. The van der Waals surface area contributed by atoms with Gasteiger partial charge in [0.15, 0.2) is 0 Å². The van der Waals surface area contributed by atoms with Crippen molar-refractivity contribution in [3.05, 3.63) is 224 Å². The number of nitrogens with zero attached hydrogens (tertiary/aromatic N) is 8. The molecule has 0 radical (unpaired) electrons. The molecule has 8 aliphatic heterocycles. The largest absolute Gasteiger partial charge is 0.663 e. The van der Waals surface area contributed by atoms with Gasteiger partial charge in [-0.15, -0.1) is 30.1 Å². The highest BCUT2D eigenvalue weighted by Gasteiger charge is 2.34. The van der Waals surface area contributed by atoms with E-state index in [1.807, 2.05) is 55.0 Å². The highest BCUT2D eigenvalue weighted by molar-refractivity contribution is 9.12. The van der Waals surface area contributed by atoms with E-state index in [1.165, 1.54) is 125 Å². The van der Waals surface area contributed by atoms with E-state index < -0.39 is 0 Å². The van der Waals surface area contributed by atoms with Crippen molar-refractivity contribution in [2.75, 3.05) is 113 Å². The normalized spacial score (nSPS) is 21.5. The fourth-order valence-electron chi connectivity index (χ4n) is 13.7. The SMILES string of the molecule is COOSN1CCC(C2=C3[N-]C=CC=C3C(Br)=Cc3cc(Cl)ccc32)CC1.COOSN1CCC(C2=C3[N-]C=CC=C3C(N3CCNCC3)=Cc3cc(Cl)ccc32)CC1.COOSN1CCC(C2=C3[N-]C=CC=C3C=C(N3CCNCC3)c3cc(Cl)ccc32)CC1. The van der Waals surface area contributed by atoms with Crippen molar-refractivity contribution in [2.45, 2.75) is 38.5 Å². The molecule has 0 spiro atoms. The monoisotopic (exact) mass is 1410 g/mol. The van der Waals surface area contributed by atoms with Crippen LogP contribution < -0.4 is 10.6 Å². The first-order chi connectivity index (χ1) is 44.7. The van der Waals surface area contributed by atoms with Gasteiger partial charge in [-0.3, -0.25) is 0 Å². The molecule has 2 N–H and O–H groups in total. The Morgan fingerprint density at radius 3 is 1.35 bits per heavy atom. The zero-order valence-electron chi connectivity index (χ0n) is 51.3. The summed E-state index contributed by atoms with van der Waals surface area (Å²) in [6.07, 6.45) is 31.3. The van der Waals surface area contributed by atoms with Crippen LogP contribution >= 0.6 is 87.4 Å². The Morgan fingerprint density at radius 1 is 0.451 bits per heavy atom. The van der Waals surface area contributed by atoms with Gasteiger partial charge in [-0.1, -0.05) is 122 Å². The first-order valence-corrected chi connectivity index (χ1v) is 35.1. The summed E-state index contributed by atoms with van der Waals surface area (Å²) in [7, 11) is 4.60. The molecule has 0 bridgehead atoms. The van der Waals surface area contributed by atoms with Crippen molar-refractivity contribution in [1.29, 1.82) is 0 Å². The van der Waals surface area contributed by atoms with E-state index in [-0.39, 0.29) is 0 Å². The molecule has 0 amide bonds. The number of hydrogen-bond acceptors (Lipinski definition) is 16. The van der Waals surface area contributed by atoms with Crippen LogP contribution in [0.2, 0.25) is 15.1 Å². The van der Waals surface area contributed by atoms with Crippen LogP contribution in [0, 0.1) is 17.8 Å². The van der Waals surface area contributed by atoms with Crippen LogP contribution in [0.4, 0.5) is 0 Å². The van der Waals surface area contributed by atoms with Crippen LogP contribution in [0.15, 0.2) is 160 Å². The summed E-state index contributed by atoms with van der Waals surface area (Å²) < 4.78 is 22.8. The van der Waals surface area contributed by atoms with Crippen LogP contribution in [0.25, 0.3) is 50.5 Å². The Hall–Kier alpha value is -4.50. The molecule has 91 heavy (non-hydrogen) atoms. The second-order valence-corrected chi connectivity index (χ2v) is 27.8. The standard InChI is InChI=1S/2C24H28ClN4O2S.C20H19BrClN2O2S/c1-30-31-32-29-11-6-17(7-12-29)23-20-5-4-19(25)15-18(20)16-22(28-13-9-26-10-14-28)21-3-2-8-27-24(21)23;1-30-31-32-29-11-6-17(7-12-29)23-20-5-4-19(25)16-21(20)22(28-13-9-26-10-14-28)15-18-3-2-8-27-24(18)23;1-25-26-27-24-9-6-13(7-10-24)19-16-5-4-15(22)11-14(16)12-18(21)17-3-2-8-23-20(17)19/h2*2-5,8,15-17,26H,6-7,9-14H2,1H3;2-5,8,11-13H,6-7,9-10H2,1H3/q3*-1. The maximum Gasteiger partial charge on any atom is 0.121 e. The van der Waals surface area contributed by atoms with Crippen molar-refractivity contribution in [2.24, 2.45) is 17.8 Å². The number of fused-ring (bicyclic) bond motifs is 6. The number of hydrogen-bond donors (Lipinski definition) is 2. The fourth-order valence-corrected chi connectivity index (χ4v) is 16.3. The second-order valence-electron chi connectivity index (χ2n) is 23.2. The molecule has 0 atom stereocenters. The molecular weight excluding hydrogens is 1340 g/mol. The Kier molecular flexibility index (Phi) is 23.6. The smallest absolute Gasteiger partial charge is 0.121 e. The number of halogens is 4. The van der Waals surface area contributed by atoms with E-state index in [1.54, 1.807) is 0 Å². The van der Waals surface area contributed by atoms with Gasteiger partial charge in [0.05, 0.1) is 21.3 Å². The molecule has 11 aliphatic rings. The molecule has 0 unspecified atom stereocenters. The topological polar surface area (TPSA) is 138 Å². The second kappa shape index (κ2) is 32.3. The van der Waals surface area contributed by atoms with E-state index in [9.17, 15) is 0 Å². The number of piperidine rings is 3. The van der Waals surface area contributed by atoms with E-state index >= 15 is 0 Å². The Morgan fingerprint density at radius 2 is 0.857 bits per heavy atom. The average Bonchev–Trinajstić information content (AvgIpc) is 2.40. The predicted molar refractivity (Wildman–Crippen MR) is 379 cm³/mol. The Labute approximate surface area is 572 Å². The summed E-state index contributed by atoms with van der Waals surface area (Å²) >= 11 is 26.9. The zero-order chi connectivity index (χ0) is 62.6. The van der Waals surface area contributed by atoms with E-state index in [0.717, 1.165) is 178 Å². The maximum atomic E-state index is 6.53. The summed E-state index contributed by atoms with van der Waals surface area (Å²) in [5.41, 5.74) is 20.5. The minimum atomic E-state index is 0.416. The van der Waals surface area contributed by atoms with Crippen molar-refractivity contribution < 1.29 is 27.7 Å². The van der Waals surface area contributed by atoms with Gasteiger partial charge in [0.25, 0.3) is 0 Å². The van der Waals surface area contributed by atoms with E-state index in [2.05, 4.69) is 122 Å². The molecule has 3 aromatic carbocycles. The third-order valence-electron chi connectivity index (χ3n) is 17.9. The van der Waals surface area contributed by atoms with Crippen molar-refractivity contribution >= 4 is 122 Å². The Balaban J connectivity index is 0.000000133.